The van der Waals surface area contributed by atoms with Gasteiger partial charge in [-0.3, -0.25) is 10.1 Å². The van der Waals surface area contributed by atoms with Gasteiger partial charge in [-0.05, 0) is 35.9 Å². The lowest BCUT2D eigenvalue weighted by atomic mass is 10.2. The quantitative estimate of drug-likeness (QED) is 0.244. The van der Waals surface area contributed by atoms with Crippen LogP contribution in [0.2, 0.25) is 0 Å². The van der Waals surface area contributed by atoms with Crippen LogP contribution < -0.4 is 14.2 Å². The molecule has 0 atom stereocenters. The molecule has 136 valence electrons. The number of non-ortho nitro benzene ring substituents is 1. The van der Waals surface area contributed by atoms with Crippen LogP contribution in [0.25, 0.3) is 6.08 Å². The van der Waals surface area contributed by atoms with E-state index in [4.69, 9.17) is 9.47 Å². The van der Waals surface area contributed by atoms with Gasteiger partial charge < -0.3 is 14.2 Å². The Bertz CT molecular complexity index is 821. The van der Waals surface area contributed by atoms with Crippen molar-refractivity contribution in [3.05, 3.63) is 64.2 Å². The van der Waals surface area contributed by atoms with Crippen LogP contribution >= 0.6 is 0 Å². The Morgan fingerprint density at radius 1 is 1.15 bits per heavy atom. The Kier molecular flexibility index (Phi) is 6.20. The highest BCUT2D eigenvalue weighted by atomic mass is 19.3. The Hall–Kier alpha value is -3.49. The van der Waals surface area contributed by atoms with Crippen molar-refractivity contribution >= 4 is 17.7 Å². The number of benzene rings is 2. The topological polar surface area (TPSA) is 87.9 Å². The molecule has 0 saturated carbocycles. The van der Waals surface area contributed by atoms with Crippen LogP contribution in [0.4, 0.5) is 14.5 Å². The van der Waals surface area contributed by atoms with Gasteiger partial charge in [-0.1, -0.05) is 6.07 Å². The van der Waals surface area contributed by atoms with E-state index in [1.807, 2.05) is 0 Å². The van der Waals surface area contributed by atoms with E-state index in [9.17, 15) is 23.7 Å². The smallest absolute Gasteiger partial charge is 0.387 e. The van der Waals surface area contributed by atoms with Crippen molar-refractivity contribution in [2.24, 2.45) is 0 Å². The summed E-state index contributed by atoms with van der Waals surface area (Å²) in [5.41, 5.74) is 0.364. The molecule has 26 heavy (non-hydrogen) atoms. The number of nitro benzene ring substituents is 1. The van der Waals surface area contributed by atoms with Gasteiger partial charge in [0.05, 0.1) is 12.0 Å². The molecule has 0 unspecified atom stereocenters. The summed E-state index contributed by atoms with van der Waals surface area (Å²) in [6, 6.07) is 9.15. The Labute approximate surface area is 146 Å². The van der Waals surface area contributed by atoms with E-state index < -0.39 is 17.5 Å². The summed E-state index contributed by atoms with van der Waals surface area (Å²) in [6.45, 7) is -2.98. The molecule has 0 radical (unpaired) electrons. The second kappa shape index (κ2) is 8.56. The average Bonchev–Trinajstić information content (AvgIpc) is 2.60. The SMILES string of the molecule is COc1cc(/C=C/C(=O)Oc2ccc([N+](=O)[O-])cc2)ccc1OC(F)F. The number of halogens is 2. The number of esters is 1. The first-order chi connectivity index (χ1) is 12.4. The summed E-state index contributed by atoms with van der Waals surface area (Å²) in [6.07, 6.45) is 2.51. The fraction of sp³-hybridized carbons (Fsp3) is 0.118. The minimum absolute atomic E-state index is 0.0798. The van der Waals surface area contributed by atoms with Crippen LogP contribution in [0, 0.1) is 10.1 Å². The van der Waals surface area contributed by atoms with Gasteiger partial charge in [-0.2, -0.15) is 8.78 Å². The van der Waals surface area contributed by atoms with Crippen molar-refractivity contribution in [3.63, 3.8) is 0 Å². The Morgan fingerprint density at radius 2 is 1.85 bits per heavy atom. The maximum atomic E-state index is 12.3. The van der Waals surface area contributed by atoms with E-state index in [1.54, 1.807) is 0 Å². The van der Waals surface area contributed by atoms with Crippen molar-refractivity contribution in [1.82, 2.24) is 0 Å². The number of methoxy groups -OCH3 is 1. The molecule has 2 rings (SSSR count). The van der Waals surface area contributed by atoms with Crippen molar-refractivity contribution in [2.75, 3.05) is 7.11 Å². The summed E-state index contributed by atoms with van der Waals surface area (Å²) in [7, 11) is 1.30. The second-order valence-electron chi connectivity index (χ2n) is 4.79. The van der Waals surface area contributed by atoms with Crippen LogP contribution in [0.1, 0.15) is 5.56 Å². The van der Waals surface area contributed by atoms with Crippen molar-refractivity contribution in [3.8, 4) is 17.2 Å². The molecule has 9 heteroatoms. The first kappa shape index (κ1) is 18.8. The number of carbonyl (C=O) groups excluding carboxylic acids is 1. The molecule has 0 amide bonds. The maximum absolute atomic E-state index is 12.3. The molecule has 0 bridgehead atoms. The predicted molar refractivity (Wildman–Crippen MR) is 87.4 cm³/mol. The van der Waals surface area contributed by atoms with E-state index in [2.05, 4.69) is 4.74 Å². The van der Waals surface area contributed by atoms with Crippen LogP contribution in [0.5, 0.6) is 17.2 Å². The minimum Gasteiger partial charge on any atom is -0.493 e. The molecule has 0 N–H and O–H groups in total. The van der Waals surface area contributed by atoms with Gasteiger partial charge in [0.15, 0.2) is 11.5 Å². The number of hydrogen-bond donors (Lipinski definition) is 0. The molecule has 0 aliphatic carbocycles. The minimum atomic E-state index is -2.98. The number of nitrogens with zero attached hydrogens (tertiary/aromatic N) is 1. The maximum Gasteiger partial charge on any atom is 0.387 e. The summed E-state index contributed by atoms with van der Waals surface area (Å²) < 4.78 is 38.8. The first-order valence-corrected chi connectivity index (χ1v) is 7.16. The van der Waals surface area contributed by atoms with E-state index >= 15 is 0 Å². The molecule has 0 fully saturated rings. The summed E-state index contributed by atoms with van der Waals surface area (Å²) in [5, 5.41) is 10.6. The molecule has 0 aliphatic rings. The van der Waals surface area contributed by atoms with Gasteiger partial charge >= 0.3 is 12.6 Å². The van der Waals surface area contributed by atoms with Crippen LogP contribution in [0.15, 0.2) is 48.5 Å². The van der Waals surface area contributed by atoms with Crippen LogP contribution in [-0.2, 0) is 4.79 Å². The highest BCUT2D eigenvalue weighted by Gasteiger charge is 2.11. The number of hydrogen-bond acceptors (Lipinski definition) is 6. The monoisotopic (exact) mass is 365 g/mol. The van der Waals surface area contributed by atoms with Gasteiger partial charge in [0, 0.05) is 18.2 Å². The molecule has 0 spiro atoms. The first-order valence-electron chi connectivity index (χ1n) is 7.16. The standard InChI is InChI=1S/C17H13F2NO6/c1-24-15-10-11(2-8-14(15)26-17(18)19)3-9-16(21)25-13-6-4-12(5-7-13)20(22)23/h2-10,17H,1H3/b9-3+. The number of nitro groups is 1. The normalized spacial score (nSPS) is 10.8. The van der Waals surface area contributed by atoms with Crippen LogP contribution in [-0.4, -0.2) is 24.6 Å². The zero-order valence-corrected chi connectivity index (χ0v) is 13.4. The third kappa shape index (κ3) is 5.26. The molecule has 2 aromatic carbocycles. The van der Waals surface area contributed by atoms with Crippen molar-refractivity contribution in [2.45, 2.75) is 6.61 Å². The second-order valence-corrected chi connectivity index (χ2v) is 4.79. The van der Waals surface area contributed by atoms with Crippen molar-refractivity contribution in [1.29, 1.82) is 0 Å². The fourth-order valence-corrected chi connectivity index (χ4v) is 1.93. The van der Waals surface area contributed by atoms with Crippen LogP contribution in [0.3, 0.4) is 0 Å². The molecule has 0 aromatic heterocycles. The molecule has 0 aliphatic heterocycles. The zero-order valence-electron chi connectivity index (χ0n) is 13.4. The molecule has 7 nitrogen and oxygen atoms in total. The molecular weight excluding hydrogens is 352 g/mol. The predicted octanol–water partition coefficient (Wildman–Crippen LogP) is 3.82. The molecule has 0 heterocycles. The lowest BCUT2D eigenvalue weighted by Crippen LogP contribution is -2.04. The third-order valence-corrected chi connectivity index (χ3v) is 3.08. The van der Waals surface area contributed by atoms with Gasteiger partial charge in [0.2, 0.25) is 0 Å². The highest BCUT2D eigenvalue weighted by Crippen LogP contribution is 2.29. The molecule has 2 aromatic rings. The van der Waals surface area contributed by atoms with Gasteiger partial charge in [-0.25, -0.2) is 4.79 Å². The zero-order chi connectivity index (χ0) is 19.1. The van der Waals surface area contributed by atoms with E-state index in [-0.39, 0.29) is 22.9 Å². The summed E-state index contributed by atoms with van der Waals surface area (Å²) >= 11 is 0. The van der Waals surface area contributed by atoms with Crippen molar-refractivity contribution < 1.29 is 32.7 Å². The van der Waals surface area contributed by atoms with Gasteiger partial charge in [0.1, 0.15) is 5.75 Å². The van der Waals surface area contributed by atoms with Gasteiger partial charge in [0.25, 0.3) is 5.69 Å². The highest BCUT2D eigenvalue weighted by molar-refractivity contribution is 5.88. The third-order valence-electron chi connectivity index (χ3n) is 3.08. The Morgan fingerprint density at radius 3 is 2.42 bits per heavy atom. The van der Waals surface area contributed by atoms with E-state index in [0.717, 1.165) is 6.08 Å². The van der Waals surface area contributed by atoms with E-state index in [1.165, 1.54) is 55.7 Å². The van der Waals surface area contributed by atoms with Gasteiger partial charge in [-0.15, -0.1) is 0 Å². The molecular formula is C17H13F2NO6. The fourth-order valence-electron chi connectivity index (χ4n) is 1.93. The lowest BCUT2D eigenvalue weighted by Gasteiger charge is -2.10. The Balaban J connectivity index is 2.04. The average molecular weight is 365 g/mol. The molecule has 0 saturated heterocycles. The summed E-state index contributed by atoms with van der Waals surface area (Å²) in [5.74, 6) is -0.626. The summed E-state index contributed by atoms with van der Waals surface area (Å²) in [4.78, 5) is 21.8. The largest absolute Gasteiger partial charge is 0.493 e. The lowest BCUT2D eigenvalue weighted by molar-refractivity contribution is -0.384. The van der Waals surface area contributed by atoms with E-state index in [0.29, 0.717) is 5.56 Å². The number of ether oxygens (including phenoxy) is 3. The number of carbonyl (C=O) groups is 1. The number of alkyl halides is 2. The number of rotatable bonds is 7.